The number of hydrogen-bond donors (Lipinski definition) is 4. The van der Waals surface area contributed by atoms with Crippen LogP contribution in [0.2, 0.25) is 20.1 Å². The molecule has 119 heavy (non-hydrogen) atoms. The largest absolute Gasteiger partial charge is 0.433 e. The number of nitrogens with zero attached hydrogens (tertiary/aromatic N) is 11. The van der Waals surface area contributed by atoms with Gasteiger partial charge < -0.3 is 21.1 Å². The smallest absolute Gasteiger partial charge is 0.394 e. The maximum atomic E-state index is 13.8. The van der Waals surface area contributed by atoms with E-state index in [0.717, 1.165) is 156 Å². The Balaban J connectivity index is 0.000000146. The number of aliphatic hydroxyl groups excluding tert-OH is 1. The lowest BCUT2D eigenvalue weighted by Crippen LogP contribution is -2.31. The molecule has 28 heteroatoms. The fourth-order valence-corrected chi connectivity index (χ4v) is 17.0. The Labute approximate surface area is 703 Å². The summed E-state index contributed by atoms with van der Waals surface area (Å²) in [5, 5.41) is 36.7. The summed E-state index contributed by atoms with van der Waals surface area (Å²) < 4.78 is 85.9. The lowest BCUT2D eigenvalue weighted by atomic mass is 9.90. The molecule has 0 radical (unpaired) electrons. The van der Waals surface area contributed by atoms with Crippen molar-refractivity contribution in [3.63, 3.8) is 0 Å². The summed E-state index contributed by atoms with van der Waals surface area (Å²) in [4.78, 5) is 61.4. The van der Waals surface area contributed by atoms with E-state index in [-0.39, 0.29) is 65.6 Å². The molecule has 7 aromatic carbocycles. The molecule has 6 atom stereocenters. The molecule has 0 aliphatic heterocycles. The number of amides is 3. The second-order valence-electron chi connectivity index (χ2n) is 30.0. The van der Waals surface area contributed by atoms with E-state index in [9.17, 15) is 45.8 Å². The normalized spacial score (nSPS) is 16.1. The van der Waals surface area contributed by atoms with Crippen LogP contribution in [0, 0.1) is 0 Å². The van der Waals surface area contributed by atoms with Gasteiger partial charge in [-0.05, 0) is 197 Å². The predicted molar refractivity (Wildman–Crippen MR) is 447 cm³/mol. The Bertz CT molecular complexity index is 5750. The van der Waals surface area contributed by atoms with Gasteiger partial charge in [-0.3, -0.25) is 19.4 Å². The molecule has 13 aromatic rings. The van der Waals surface area contributed by atoms with E-state index in [1.54, 1.807) is 42.6 Å². The molecular formula is C91H84Cl4F6N14O4. The van der Waals surface area contributed by atoms with E-state index in [1.165, 1.54) is 14.9 Å². The zero-order chi connectivity index (χ0) is 83.5. The molecule has 18 nitrogen and oxygen atoms in total. The summed E-state index contributed by atoms with van der Waals surface area (Å²) in [5.74, 6) is -1.68. The maximum Gasteiger partial charge on any atom is 0.433 e. The number of aliphatic hydroxyl groups is 1. The van der Waals surface area contributed by atoms with Crippen LogP contribution in [0.3, 0.4) is 0 Å². The Morgan fingerprint density at radius 1 is 0.429 bits per heavy atom. The van der Waals surface area contributed by atoms with Crippen molar-refractivity contribution in [1.29, 1.82) is 0 Å². The quantitative estimate of drug-likeness (QED) is 0.0438. The van der Waals surface area contributed by atoms with Gasteiger partial charge in [0.2, 0.25) is 0 Å². The van der Waals surface area contributed by atoms with Gasteiger partial charge in [-0.2, -0.15) is 41.6 Å². The molecule has 0 fully saturated rings. The van der Waals surface area contributed by atoms with Gasteiger partial charge in [-0.15, -0.1) is 0 Å². The van der Waals surface area contributed by atoms with Gasteiger partial charge >= 0.3 is 12.4 Å². The number of hydrogen-bond acceptors (Lipinski definition) is 12. The first kappa shape index (κ1) is 84.3. The van der Waals surface area contributed by atoms with Crippen molar-refractivity contribution < 1.29 is 45.8 Å². The third-order valence-corrected chi connectivity index (χ3v) is 22.8. The Hall–Kier alpha value is -11.2. The highest BCUT2D eigenvalue weighted by Crippen LogP contribution is 2.42. The maximum absolute atomic E-state index is 13.8. The van der Waals surface area contributed by atoms with Crippen LogP contribution in [-0.2, 0) is 50.9 Å². The molecular weight excluding hydrogens is 1610 g/mol. The first-order chi connectivity index (χ1) is 57.4. The van der Waals surface area contributed by atoms with Gasteiger partial charge in [0.25, 0.3) is 29.6 Å². The van der Waals surface area contributed by atoms with Crippen molar-refractivity contribution in [2.45, 2.75) is 158 Å². The minimum Gasteiger partial charge on any atom is -0.394 e. The van der Waals surface area contributed by atoms with Gasteiger partial charge in [-0.1, -0.05) is 193 Å². The number of carbonyl (C=O) groups is 3. The zero-order valence-corrected chi connectivity index (χ0v) is 68.0. The predicted octanol–water partition coefficient (Wildman–Crippen LogP) is 21.0. The number of alkyl halides is 6. The summed E-state index contributed by atoms with van der Waals surface area (Å²) >= 11 is 25.1. The number of benzene rings is 7. The lowest BCUT2D eigenvalue weighted by Gasteiger charge is -2.19. The third-order valence-electron chi connectivity index (χ3n) is 21.8. The van der Waals surface area contributed by atoms with Crippen LogP contribution in [0.25, 0.3) is 28.5 Å². The van der Waals surface area contributed by atoms with E-state index in [0.29, 0.717) is 69.0 Å². The van der Waals surface area contributed by atoms with Crippen molar-refractivity contribution in [2.75, 3.05) is 6.61 Å². The summed E-state index contributed by atoms with van der Waals surface area (Å²) in [7, 11) is 0. The van der Waals surface area contributed by atoms with E-state index >= 15 is 0 Å². The molecule has 3 aliphatic carbocycles. The average Bonchev–Trinajstić information content (AvgIpc) is 1.61. The standard InChI is InChI=1S/C33H30Cl2N4O.C29H27ClF3N5O2.C29H27ClF3N5O/c1-21(23-9-3-2-4-10-23)37-33(40)31-28-13-6-5-11-24(18-22-8-7-12-25(34)19-22)32(28)39(38-31)30-16-17-36-29-20-26(35)14-15-27(29)30;30-21-11-6-7-18(16-21)15-20-10-4-5-12-22-25(27(40)35-23(17-39)19-8-2-1-3-9-19)37-38(26(20)22)28-34-14-13-24(36-28)29(31,32)33;1-18(20-9-3-2-4-10-20)35-27(39)25-23-13-6-5-11-21(16-19-8-7-12-22(30)17-19)26(23)38(37-25)28-34-15-14-24(36-28)29(31,32)33/h2-4,7-10,12,14-17,19-21,24H,5-6,11,13,18H2,1H3,(H,37,40);1-3,6-9,11,13-14,16,20,23,39H,4-5,10,12,15,17H2,(H,35,40);2-4,7-10,12,14-15,17-18,21H,5-6,11,13,16H2,1H3,(H,35,39)/t21-,24?;20?,23-;18-,21?/m101/s1. The van der Waals surface area contributed by atoms with E-state index in [2.05, 4.69) is 57.1 Å². The average molecular weight is 1690 g/mol. The number of rotatable bonds is 19. The molecule has 6 heterocycles. The third kappa shape index (κ3) is 20.2. The van der Waals surface area contributed by atoms with Crippen molar-refractivity contribution >= 4 is 75.0 Å². The Morgan fingerprint density at radius 3 is 1.19 bits per heavy atom. The molecule has 0 saturated carbocycles. The minimum atomic E-state index is -4.67. The molecule has 4 N–H and O–H groups in total. The summed E-state index contributed by atoms with van der Waals surface area (Å²) in [6, 6.07) is 59.7. The highest BCUT2D eigenvalue weighted by molar-refractivity contribution is 6.31. The van der Waals surface area contributed by atoms with Crippen LogP contribution in [-0.4, -0.2) is 83.7 Å². The SMILES string of the molecule is C[C@@H](NC(=O)c1nn(-c2ccnc3cc(Cl)ccc23)c2c1CCCCC2Cc1cccc(Cl)c1)c1ccccc1.C[C@@H](NC(=O)c1nn(-c2nccc(C(F)(F)F)n2)c2c1CCCCC2Cc1cccc(Cl)c1)c1ccccc1.O=C(N[C@@H](CO)c1ccccc1)c1nn(-c2nccc(C(F)(F)F)n2)c2c1CCCCC2Cc1cccc(Cl)c1. The van der Waals surface area contributed by atoms with Crippen LogP contribution in [0.4, 0.5) is 26.3 Å². The fourth-order valence-electron chi connectivity index (χ4n) is 16.2. The van der Waals surface area contributed by atoms with Crippen LogP contribution in [0.15, 0.2) is 219 Å². The van der Waals surface area contributed by atoms with Gasteiger partial charge in [-0.25, -0.2) is 34.0 Å². The molecule has 6 aromatic heterocycles. The van der Waals surface area contributed by atoms with E-state index in [1.807, 2.05) is 164 Å². The molecule has 612 valence electrons. The van der Waals surface area contributed by atoms with Crippen LogP contribution < -0.4 is 16.0 Å². The highest BCUT2D eigenvalue weighted by atomic mass is 35.5. The first-order valence-corrected chi connectivity index (χ1v) is 41.1. The van der Waals surface area contributed by atoms with Gasteiger partial charge in [0.05, 0.1) is 53.0 Å². The number of fused-ring (bicyclic) bond motifs is 4. The number of carbonyl (C=O) groups excluding carboxylic acids is 3. The first-order valence-electron chi connectivity index (χ1n) is 39.6. The van der Waals surface area contributed by atoms with E-state index in [4.69, 9.17) is 51.5 Å². The Kier molecular flexibility index (Phi) is 26.8. The van der Waals surface area contributed by atoms with Crippen molar-refractivity contribution in [1.82, 2.24) is 70.2 Å². The Morgan fingerprint density at radius 2 is 0.798 bits per heavy atom. The monoisotopic (exact) mass is 1690 g/mol. The summed E-state index contributed by atoms with van der Waals surface area (Å²) in [6.45, 7) is 3.54. The molecule has 0 spiro atoms. The number of halogens is 10. The minimum absolute atomic E-state index is 0.0865. The summed E-state index contributed by atoms with van der Waals surface area (Å²) in [6.07, 6.45) is 6.33. The second-order valence-corrected chi connectivity index (χ2v) is 31.8. The van der Waals surface area contributed by atoms with Crippen LogP contribution >= 0.6 is 46.4 Å². The number of pyridine rings is 1. The van der Waals surface area contributed by atoms with Gasteiger partial charge in [0.1, 0.15) is 11.4 Å². The van der Waals surface area contributed by atoms with Gasteiger partial charge in [0.15, 0.2) is 17.1 Å². The van der Waals surface area contributed by atoms with E-state index < -0.39 is 41.6 Å². The van der Waals surface area contributed by atoms with Crippen LogP contribution in [0.5, 0.6) is 0 Å². The zero-order valence-electron chi connectivity index (χ0n) is 64.9. The second kappa shape index (κ2) is 37.8. The molecule has 3 amide bonds. The number of nitrogens with one attached hydrogen (secondary N) is 3. The molecule has 16 rings (SSSR count). The molecule has 3 aliphatic rings. The van der Waals surface area contributed by atoms with Crippen molar-refractivity contribution in [3.8, 4) is 17.6 Å². The van der Waals surface area contributed by atoms with Crippen LogP contribution in [0.1, 0.15) is 218 Å². The summed E-state index contributed by atoms with van der Waals surface area (Å²) in [5.41, 5.74) is 10.9. The van der Waals surface area contributed by atoms with Gasteiger partial charge in [0, 0.05) is 78.5 Å². The van der Waals surface area contributed by atoms with Crippen molar-refractivity contribution in [3.05, 3.63) is 334 Å². The fraction of sp³-hybridized carbons (Fsp3) is 0.286. The molecule has 3 unspecified atom stereocenters. The molecule has 0 bridgehead atoms. The number of aromatic nitrogens is 11. The topological polar surface area (TPSA) is 225 Å². The highest BCUT2D eigenvalue weighted by Gasteiger charge is 2.39. The molecule has 0 saturated heterocycles. The van der Waals surface area contributed by atoms with Crippen molar-refractivity contribution in [2.24, 2.45) is 0 Å². The lowest BCUT2D eigenvalue weighted by molar-refractivity contribution is -0.142.